The molecular formula is C15H20N2S. The van der Waals surface area contributed by atoms with Crippen molar-refractivity contribution in [2.75, 3.05) is 0 Å². The van der Waals surface area contributed by atoms with E-state index in [1.54, 1.807) is 11.3 Å². The fraction of sp³-hybridized carbons (Fsp3) is 0.400. The van der Waals surface area contributed by atoms with Crippen molar-refractivity contribution in [3.63, 3.8) is 0 Å². The Hall–Kier alpha value is -1.19. The normalized spacial score (nSPS) is 12.9. The smallest absolute Gasteiger partial charge is 0.107 e. The van der Waals surface area contributed by atoms with E-state index in [-0.39, 0.29) is 0 Å². The Morgan fingerprint density at radius 2 is 1.94 bits per heavy atom. The maximum Gasteiger partial charge on any atom is 0.107 e. The molecule has 1 aromatic carbocycles. The molecular weight excluding hydrogens is 240 g/mol. The zero-order valence-corrected chi connectivity index (χ0v) is 12.0. The van der Waals surface area contributed by atoms with Crippen molar-refractivity contribution in [3.05, 3.63) is 52.0 Å². The van der Waals surface area contributed by atoms with E-state index in [9.17, 15) is 0 Å². The van der Waals surface area contributed by atoms with Gasteiger partial charge in [-0.25, -0.2) is 4.98 Å². The summed E-state index contributed by atoms with van der Waals surface area (Å²) < 4.78 is 0. The van der Waals surface area contributed by atoms with E-state index in [1.165, 1.54) is 10.4 Å². The number of benzene rings is 1. The summed E-state index contributed by atoms with van der Waals surface area (Å²) in [5, 5.41) is 4.77. The van der Waals surface area contributed by atoms with Gasteiger partial charge in [0.05, 0.1) is 0 Å². The van der Waals surface area contributed by atoms with Gasteiger partial charge >= 0.3 is 0 Å². The molecule has 0 aliphatic rings. The predicted molar refractivity (Wildman–Crippen MR) is 77.7 cm³/mol. The molecule has 1 atom stereocenters. The minimum absolute atomic E-state index is 0.385. The molecule has 1 N–H and O–H groups in total. The third kappa shape index (κ3) is 3.40. The van der Waals surface area contributed by atoms with Crippen LogP contribution in [0.1, 0.15) is 35.3 Å². The van der Waals surface area contributed by atoms with E-state index < -0.39 is 0 Å². The number of hydrogen-bond acceptors (Lipinski definition) is 3. The highest BCUT2D eigenvalue weighted by Gasteiger charge is 2.15. The van der Waals surface area contributed by atoms with Crippen molar-refractivity contribution in [2.45, 2.75) is 33.4 Å². The van der Waals surface area contributed by atoms with Crippen LogP contribution in [-0.4, -0.2) is 4.98 Å². The monoisotopic (exact) mass is 260 g/mol. The summed E-state index contributed by atoms with van der Waals surface area (Å²) in [4.78, 5) is 5.67. The molecule has 2 nitrogen and oxygen atoms in total. The average molecular weight is 260 g/mol. The van der Waals surface area contributed by atoms with E-state index >= 15 is 0 Å². The number of rotatable bonds is 5. The topological polar surface area (TPSA) is 24.9 Å². The van der Waals surface area contributed by atoms with Gasteiger partial charge in [0.15, 0.2) is 0 Å². The van der Waals surface area contributed by atoms with Gasteiger partial charge < -0.3 is 5.32 Å². The fourth-order valence-electron chi connectivity index (χ4n) is 2.08. The summed E-state index contributed by atoms with van der Waals surface area (Å²) in [5.41, 5.74) is 1.35. The first-order valence-corrected chi connectivity index (χ1v) is 7.18. The standard InChI is InChI=1S/C15H20N2S/c1-11(2)15(13-7-5-4-6-8-13)17-10-14-16-9-12(3)18-14/h4-9,11,15,17H,10H2,1-3H3. The molecule has 0 aliphatic heterocycles. The van der Waals surface area contributed by atoms with Crippen LogP contribution in [0.25, 0.3) is 0 Å². The van der Waals surface area contributed by atoms with Gasteiger partial charge in [-0.15, -0.1) is 11.3 Å². The lowest BCUT2D eigenvalue weighted by Crippen LogP contribution is -2.25. The maximum absolute atomic E-state index is 4.40. The highest BCUT2D eigenvalue weighted by molar-refractivity contribution is 7.11. The molecule has 0 saturated heterocycles. The van der Waals surface area contributed by atoms with Gasteiger partial charge in [0.2, 0.25) is 0 Å². The van der Waals surface area contributed by atoms with Crippen LogP contribution >= 0.6 is 11.3 Å². The second-order valence-corrected chi connectivity index (χ2v) is 6.20. The lowest BCUT2D eigenvalue weighted by Gasteiger charge is -2.22. The molecule has 3 heteroatoms. The quantitative estimate of drug-likeness (QED) is 0.881. The van der Waals surface area contributed by atoms with Crippen LogP contribution in [0.5, 0.6) is 0 Å². The Labute approximate surface area is 113 Å². The molecule has 1 unspecified atom stereocenters. The highest BCUT2D eigenvalue weighted by Crippen LogP contribution is 2.22. The average Bonchev–Trinajstić information content (AvgIpc) is 2.76. The molecule has 1 heterocycles. The van der Waals surface area contributed by atoms with Crippen LogP contribution in [0.2, 0.25) is 0 Å². The third-order valence-electron chi connectivity index (χ3n) is 2.97. The minimum atomic E-state index is 0.385. The summed E-state index contributed by atoms with van der Waals surface area (Å²) >= 11 is 1.76. The molecule has 2 rings (SSSR count). The lowest BCUT2D eigenvalue weighted by molar-refractivity contribution is 0.410. The molecule has 96 valence electrons. The van der Waals surface area contributed by atoms with Gasteiger partial charge in [0.25, 0.3) is 0 Å². The molecule has 0 saturated carbocycles. The molecule has 0 radical (unpaired) electrons. The number of thiazole rings is 1. The van der Waals surface area contributed by atoms with Crippen molar-refractivity contribution in [1.29, 1.82) is 0 Å². The fourth-order valence-corrected chi connectivity index (χ4v) is 2.82. The first kappa shape index (κ1) is 13.2. The lowest BCUT2D eigenvalue weighted by atomic mass is 9.96. The molecule has 0 fully saturated rings. The molecule has 0 bridgehead atoms. The largest absolute Gasteiger partial charge is 0.303 e. The van der Waals surface area contributed by atoms with Crippen LogP contribution in [0.4, 0.5) is 0 Å². The van der Waals surface area contributed by atoms with E-state index in [2.05, 4.69) is 61.4 Å². The number of nitrogens with zero attached hydrogens (tertiary/aromatic N) is 1. The summed E-state index contributed by atoms with van der Waals surface area (Å²) in [6.45, 7) is 7.43. The van der Waals surface area contributed by atoms with Crippen molar-refractivity contribution in [1.82, 2.24) is 10.3 Å². The summed E-state index contributed by atoms with van der Waals surface area (Å²) in [6, 6.07) is 11.0. The number of nitrogens with one attached hydrogen (secondary N) is 1. The zero-order chi connectivity index (χ0) is 13.0. The van der Waals surface area contributed by atoms with E-state index in [1.807, 2.05) is 6.20 Å². The van der Waals surface area contributed by atoms with Crippen LogP contribution in [0.3, 0.4) is 0 Å². The first-order chi connectivity index (χ1) is 8.66. The number of aromatic nitrogens is 1. The van der Waals surface area contributed by atoms with Gasteiger partial charge in [0.1, 0.15) is 5.01 Å². The van der Waals surface area contributed by atoms with E-state index in [0.29, 0.717) is 12.0 Å². The van der Waals surface area contributed by atoms with Crippen LogP contribution in [0.15, 0.2) is 36.5 Å². The number of aryl methyl sites for hydroxylation is 1. The SMILES string of the molecule is Cc1cnc(CNC(c2ccccc2)C(C)C)s1. The summed E-state index contributed by atoms with van der Waals surface area (Å²) in [6.07, 6.45) is 1.94. The zero-order valence-electron chi connectivity index (χ0n) is 11.2. The molecule has 18 heavy (non-hydrogen) atoms. The summed E-state index contributed by atoms with van der Waals surface area (Å²) in [7, 11) is 0. The second-order valence-electron chi connectivity index (χ2n) is 4.88. The van der Waals surface area contributed by atoms with Crippen LogP contribution in [0, 0.1) is 12.8 Å². The van der Waals surface area contributed by atoms with Gasteiger partial charge in [0, 0.05) is 23.7 Å². The van der Waals surface area contributed by atoms with Gasteiger partial charge in [-0.3, -0.25) is 0 Å². The Bertz CT molecular complexity index is 476. The Morgan fingerprint density at radius 1 is 1.22 bits per heavy atom. The summed E-state index contributed by atoms with van der Waals surface area (Å²) in [5.74, 6) is 0.563. The maximum atomic E-state index is 4.40. The molecule has 1 aromatic heterocycles. The van der Waals surface area contributed by atoms with Gasteiger partial charge in [-0.2, -0.15) is 0 Å². The Morgan fingerprint density at radius 3 is 2.50 bits per heavy atom. The van der Waals surface area contributed by atoms with Crippen molar-refractivity contribution in [3.8, 4) is 0 Å². The van der Waals surface area contributed by atoms with Crippen molar-refractivity contribution in [2.24, 2.45) is 5.92 Å². The minimum Gasteiger partial charge on any atom is -0.303 e. The molecule has 0 spiro atoms. The predicted octanol–water partition coefficient (Wildman–Crippen LogP) is 3.94. The number of hydrogen-bond donors (Lipinski definition) is 1. The molecule has 0 aliphatic carbocycles. The van der Waals surface area contributed by atoms with Crippen LogP contribution in [-0.2, 0) is 6.54 Å². The first-order valence-electron chi connectivity index (χ1n) is 6.36. The van der Waals surface area contributed by atoms with Gasteiger partial charge in [-0.1, -0.05) is 44.2 Å². The Kier molecular flexibility index (Phi) is 4.50. The van der Waals surface area contributed by atoms with Gasteiger partial charge in [-0.05, 0) is 18.4 Å². The third-order valence-corrected chi connectivity index (χ3v) is 3.88. The second kappa shape index (κ2) is 6.12. The van der Waals surface area contributed by atoms with Crippen LogP contribution < -0.4 is 5.32 Å². The van der Waals surface area contributed by atoms with E-state index in [0.717, 1.165) is 11.6 Å². The van der Waals surface area contributed by atoms with Crippen molar-refractivity contribution >= 4 is 11.3 Å². The van der Waals surface area contributed by atoms with Crippen molar-refractivity contribution < 1.29 is 0 Å². The Balaban J connectivity index is 2.03. The molecule has 2 aromatic rings. The van der Waals surface area contributed by atoms with E-state index in [4.69, 9.17) is 0 Å². The molecule has 0 amide bonds. The highest BCUT2D eigenvalue weighted by atomic mass is 32.1.